The molecular weight excluding hydrogens is 445 g/mol. The normalized spacial score (nSPS) is 15.8. The van der Waals surface area contributed by atoms with Crippen LogP contribution in [-0.2, 0) is 4.79 Å². The van der Waals surface area contributed by atoms with E-state index in [1.807, 2.05) is 68.4 Å². The Morgan fingerprint density at radius 3 is 2.25 bits per heavy atom. The van der Waals surface area contributed by atoms with Gasteiger partial charge < -0.3 is 10.2 Å². The molecule has 1 aliphatic rings. The van der Waals surface area contributed by atoms with E-state index in [0.717, 1.165) is 16.8 Å². The van der Waals surface area contributed by atoms with Crippen LogP contribution < -0.4 is 10.2 Å². The first kappa shape index (κ1) is 22.1. The summed E-state index contributed by atoms with van der Waals surface area (Å²) in [6.45, 7) is 3.86. The lowest BCUT2D eigenvalue weighted by atomic mass is 10.00. The van der Waals surface area contributed by atoms with E-state index in [9.17, 15) is 9.59 Å². The lowest BCUT2D eigenvalue weighted by Gasteiger charge is -2.29. The number of para-hydroxylation sites is 1. The number of hydrogen-bond donors (Lipinski definition) is 1. The fourth-order valence-corrected chi connectivity index (χ4v) is 4.26. The smallest absolute Gasteiger partial charge is 0.272 e. The Labute approximate surface area is 196 Å². The molecule has 0 radical (unpaired) electrons. The van der Waals surface area contributed by atoms with E-state index in [0.29, 0.717) is 15.8 Å². The molecule has 162 valence electrons. The van der Waals surface area contributed by atoms with Crippen LogP contribution in [0.15, 0.2) is 77.8 Å². The fraction of sp³-hybridized carbons (Fsp3) is 0.160. The minimum Gasteiger partial charge on any atom is -0.322 e. The van der Waals surface area contributed by atoms with Gasteiger partial charge in [0, 0.05) is 32.8 Å². The van der Waals surface area contributed by atoms with E-state index < -0.39 is 12.1 Å². The number of amides is 2. The zero-order valence-electron chi connectivity index (χ0n) is 17.5. The van der Waals surface area contributed by atoms with E-state index in [1.54, 1.807) is 11.0 Å². The SMILES string of the molecule is CC(C)N1C(=O)C(NC(=O)c2cc(Cl)cc(Cl)c2)N=C(c2ccccc2)c2ccccc21. The molecule has 3 aromatic carbocycles. The molecule has 0 fully saturated rings. The predicted octanol–water partition coefficient (Wildman–Crippen LogP) is 5.34. The maximum atomic E-state index is 13.6. The van der Waals surface area contributed by atoms with Gasteiger partial charge in [0.1, 0.15) is 0 Å². The molecule has 1 unspecified atom stereocenters. The van der Waals surface area contributed by atoms with Crippen molar-refractivity contribution >= 4 is 46.4 Å². The Morgan fingerprint density at radius 2 is 1.59 bits per heavy atom. The number of anilines is 1. The molecule has 0 aliphatic carbocycles. The summed E-state index contributed by atoms with van der Waals surface area (Å²) in [7, 11) is 0. The number of fused-ring (bicyclic) bond motifs is 1. The first-order valence-electron chi connectivity index (χ1n) is 10.2. The number of carbonyl (C=O) groups is 2. The highest BCUT2D eigenvalue weighted by molar-refractivity contribution is 6.35. The van der Waals surface area contributed by atoms with Crippen molar-refractivity contribution in [3.05, 3.63) is 99.5 Å². The molecule has 3 aromatic rings. The summed E-state index contributed by atoms with van der Waals surface area (Å²) >= 11 is 12.1. The molecule has 32 heavy (non-hydrogen) atoms. The minimum atomic E-state index is -1.12. The minimum absolute atomic E-state index is 0.144. The van der Waals surface area contributed by atoms with Gasteiger partial charge in [0.2, 0.25) is 6.17 Å². The molecule has 7 heteroatoms. The summed E-state index contributed by atoms with van der Waals surface area (Å²) in [5.74, 6) is -0.807. The molecule has 1 atom stereocenters. The summed E-state index contributed by atoms with van der Waals surface area (Å²) in [5, 5.41) is 3.43. The number of carbonyl (C=O) groups excluding carboxylic acids is 2. The van der Waals surface area contributed by atoms with Gasteiger partial charge in [-0.2, -0.15) is 0 Å². The number of nitrogens with one attached hydrogen (secondary N) is 1. The van der Waals surface area contributed by atoms with Gasteiger partial charge in [0.05, 0.1) is 11.4 Å². The van der Waals surface area contributed by atoms with Gasteiger partial charge >= 0.3 is 0 Å². The monoisotopic (exact) mass is 465 g/mol. The van der Waals surface area contributed by atoms with Crippen LogP contribution in [0.4, 0.5) is 5.69 Å². The summed E-state index contributed by atoms with van der Waals surface area (Å²) in [6, 6.07) is 21.6. The quantitative estimate of drug-likeness (QED) is 0.564. The molecule has 4 rings (SSSR count). The molecule has 1 N–H and O–H groups in total. The molecule has 1 heterocycles. The zero-order chi connectivity index (χ0) is 22.8. The molecular formula is C25H21Cl2N3O2. The van der Waals surface area contributed by atoms with Crippen molar-refractivity contribution in [3.63, 3.8) is 0 Å². The van der Waals surface area contributed by atoms with Crippen LogP contribution in [0.5, 0.6) is 0 Å². The van der Waals surface area contributed by atoms with Crippen LogP contribution in [0.25, 0.3) is 0 Å². The number of benzene rings is 3. The maximum Gasteiger partial charge on any atom is 0.272 e. The van der Waals surface area contributed by atoms with Crippen molar-refractivity contribution in [2.24, 2.45) is 4.99 Å². The highest BCUT2D eigenvalue weighted by Crippen LogP contribution is 2.30. The van der Waals surface area contributed by atoms with Crippen molar-refractivity contribution in [3.8, 4) is 0 Å². The Hall–Kier alpha value is -3.15. The second kappa shape index (κ2) is 9.15. The number of halogens is 2. The Kier molecular flexibility index (Phi) is 6.31. The van der Waals surface area contributed by atoms with Gasteiger partial charge in [-0.25, -0.2) is 4.99 Å². The van der Waals surface area contributed by atoms with Gasteiger partial charge in [0.15, 0.2) is 0 Å². The average molecular weight is 466 g/mol. The summed E-state index contributed by atoms with van der Waals surface area (Å²) in [5.41, 5.74) is 3.31. The third-order valence-corrected chi connectivity index (χ3v) is 5.54. The van der Waals surface area contributed by atoms with Crippen LogP contribution in [0, 0.1) is 0 Å². The number of aliphatic imine (C=N–C) groups is 1. The average Bonchev–Trinajstić information content (AvgIpc) is 2.88. The summed E-state index contributed by atoms with van der Waals surface area (Å²) in [4.78, 5) is 33.0. The van der Waals surface area contributed by atoms with Crippen molar-refractivity contribution in [1.29, 1.82) is 0 Å². The van der Waals surface area contributed by atoms with Gasteiger partial charge in [-0.1, -0.05) is 71.7 Å². The second-order valence-electron chi connectivity index (χ2n) is 7.70. The summed E-state index contributed by atoms with van der Waals surface area (Å²) in [6.07, 6.45) is -1.12. The lowest BCUT2D eigenvalue weighted by molar-refractivity contribution is -0.120. The molecule has 5 nitrogen and oxygen atoms in total. The van der Waals surface area contributed by atoms with E-state index >= 15 is 0 Å². The van der Waals surface area contributed by atoms with Crippen molar-refractivity contribution < 1.29 is 9.59 Å². The van der Waals surface area contributed by atoms with Gasteiger partial charge in [-0.05, 0) is 38.1 Å². The van der Waals surface area contributed by atoms with E-state index in [1.165, 1.54) is 12.1 Å². The molecule has 0 saturated heterocycles. The Morgan fingerprint density at radius 1 is 0.969 bits per heavy atom. The van der Waals surface area contributed by atoms with Gasteiger partial charge in [0.25, 0.3) is 11.8 Å². The molecule has 0 bridgehead atoms. The third kappa shape index (κ3) is 4.40. The van der Waals surface area contributed by atoms with Crippen molar-refractivity contribution in [1.82, 2.24) is 5.32 Å². The number of benzodiazepines with no additional fused rings is 1. The van der Waals surface area contributed by atoms with Crippen LogP contribution in [0.2, 0.25) is 10.0 Å². The highest BCUT2D eigenvalue weighted by Gasteiger charge is 2.34. The first-order chi connectivity index (χ1) is 15.3. The van der Waals surface area contributed by atoms with Gasteiger partial charge in [-0.3, -0.25) is 9.59 Å². The predicted molar refractivity (Wildman–Crippen MR) is 129 cm³/mol. The second-order valence-corrected chi connectivity index (χ2v) is 8.57. The number of nitrogens with zero attached hydrogens (tertiary/aromatic N) is 2. The van der Waals surface area contributed by atoms with Crippen LogP contribution in [0.3, 0.4) is 0 Å². The topological polar surface area (TPSA) is 61.8 Å². The molecule has 0 saturated carbocycles. The first-order valence-corrected chi connectivity index (χ1v) is 10.9. The Balaban J connectivity index is 1.82. The Bertz CT molecular complexity index is 1190. The van der Waals surface area contributed by atoms with E-state index in [4.69, 9.17) is 28.2 Å². The molecule has 0 spiro atoms. The number of hydrogen-bond acceptors (Lipinski definition) is 3. The molecule has 0 aromatic heterocycles. The summed E-state index contributed by atoms with van der Waals surface area (Å²) < 4.78 is 0. The maximum absolute atomic E-state index is 13.6. The highest BCUT2D eigenvalue weighted by atomic mass is 35.5. The third-order valence-electron chi connectivity index (χ3n) is 5.10. The van der Waals surface area contributed by atoms with Crippen molar-refractivity contribution in [2.45, 2.75) is 26.1 Å². The fourth-order valence-electron chi connectivity index (χ4n) is 3.73. The van der Waals surface area contributed by atoms with Crippen molar-refractivity contribution in [2.75, 3.05) is 4.90 Å². The zero-order valence-corrected chi connectivity index (χ0v) is 19.1. The van der Waals surface area contributed by atoms with Gasteiger partial charge in [-0.15, -0.1) is 0 Å². The van der Waals surface area contributed by atoms with Crippen LogP contribution in [0.1, 0.15) is 35.3 Å². The molecule has 2 amide bonds. The molecule has 1 aliphatic heterocycles. The van der Waals surface area contributed by atoms with E-state index in [-0.39, 0.29) is 17.5 Å². The van der Waals surface area contributed by atoms with Crippen LogP contribution in [-0.4, -0.2) is 29.7 Å². The number of rotatable bonds is 4. The van der Waals surface area contributed by atoms with Crippen LogP contribution >= 0.6 is 23.2 Å². The lowest BCUT2D eigenvalue weighted by Crippen LogP contribution is -2.49. The largest absolute Gasteiger partial charge is 0.322 e. The van der Waals surface area contributed by atoms with E-state index in [2.05, 4.69) is 5.32 Å². The standard InChI is InChI=1S/C25H21Cl2N3O2/c1-15(2)30-21-11-7-6-10-20(21)22(16-8-4-3-5-9-16)28-23(25(30)32)29-24(31)17-12-18(26)14-19(27)13-17/h3-15,23H,1-2H3,(H,29,31).